The lowest BCUT2D eigenvalue weighted by atomic mass is 10.0. The first-order valence-corrected chi connectivity index (χ1v) is 7.56. The van der Waals surface area contributed by atoms with E-state index in [9.17, 15) is 4.79 Å². The molecule has 4 nitrogen and oxygen atoms in total. The first-order valence-electron chi connectivity index (χ1n) is 7.56. The summed E-state index contributed by atoms with van der Waals surface area (Å²) in [7, 11) is 0. The number of carbonyl (C=O) groups is 1. The van der Waals surface area contributed by atoms with Crippen LogP contribution < -0.4 is 5.73 Å². The van der Waals surface area contributed by atoms with Crippen molar-refractivity contribution < 1.29 is 4.79 Å². The summed E-state index contributed by atoms with van der Waals surface area (Å²) >= 11 is 0. The molecule has 0 radical (unpaired) electrons. The van der Waals surface area contributed by atoms with E-state index in [1.165, 1.54) is 12.8 Å². The van der Waals surface area contributed by atoms with E-state index < -0.39 is 0 Å². The van der Waals surface area contributed by atoms with E-state index in [1.54, 1.807) is 0 Å². The van der Waals surface area contributed by atoms with Gasteiger partial charge in [0.15, 0.2) is 0 Å². The van der Waals surface area contributed by atoms with Crippen molar-refractivity contribution in [3.8, 4) is 0 Å². The highest BCUT2D eigenvalue weighted by atomic mass is 16.2. The van der Waals surface area contributed by atoms with Gasteiger partial charge < -0.3 is 10.6 Å². The van der Waals surface area contributed by atoms with Crippen LogP contribution in [-0.2, 0) is 4.79 Å². The van der Waals surface area contributed by atoms with Crippen LogP contribution in [0.1, 0.15) is 30.9 Å². The van der Waals surface area contributed by atoms with Crippen molar-refractivity contribution in [2.75, 3.05) is 26.2 Å². The smallest absolute Gasteiger partial charge is 0.224 e. The second kappa shape index (κ2) is 5.94. The van der Waals surface area contributed by atoms with Crippen LogP contribution in [0, 0.1) is 0 Å². The van der Waals surface area contributed by atoms with Gasteiger partial charge in [-0.25, -0.2) is 0 Å². The van der Waals surface area contributed by atoms with Crippen LogP contribution in [0.4, 0.5) is 0 Å². The van der Waals surface area contributed by atoms with Gasteiger partial charge in [0, 0.05) is 44.7 Å². The van der Waals surface area contributed by atoms with E-state index in [2.05, 4.69) is 4.90 Å². The normalized spacial score (nSPS) is 21.8. The number of benzene rings is 1. The number of nitrogens with zero attached hydrogens (tertiary/aromatic N) is 2. The number of amides is 1. The first kappa shape index (κ1) is 13.6. The minimum atomic E-state index is -0.190. The molecule has 0 bridgehead atoms. The average Bonchev–Trinajstić information content (AvgIpc) is 3.33. The van der Waals surface area contributed by atoms with Crippen molar-refractivity contribution in [3.05, 3.63) is 35.9 Å². The number of nitrogens with two attached hydrogens (primary N) is 1. The molecule has 20 heavy (non-hydrogen) atoms. The molecule has 108 valence electrons. The predicted octanol–water partition coefficient (Wildman–Crippen LogP) is 1.38. The van der Waals surface area contributed by atoms with E-state index >= 15 is 0 Å². The van der Waals surface area contributed by atoms with Crippen LogP contribution in [-0.4, -0.2) is 47.9 Å². The van der Waals surface area contributed by atoms with Crippen LogP contribution in [0.3, 0.4) is 0 Å². The quantitative estimate of drug-likeness (QED) is 0.901. The fraction of sp³-hybridized carbons (Fsp3) is 0.562. The van der Waals surface area contributed by atoms with Crippen LogP contribution in [0.25, 0.3) is 0 Å². The zero-order valence-electron chi connectivity index (χ0n) is 11.9. The third-order valence-corrected chi connectivity index (χ3v) is 4.35. The Hall–Kier alpha value is -1.39. The highest BCUT2D eigenvalue weighted by molar-refractivity contribution is 5.77. The maximum Gasteiger partial charge on any atom is 0.224 e. The predicted molar refractivity (Wildman–Crippen MR) is 79.2 cm³/mol. The largest absolute Gasteiger partial charge is 0.340 e. The molecule has 1 saturated carbocycles. The van der Waals surface area contributed by atoms with Crippen LogP contribution in [0.5, 0.6) is 0 Å². The third-order valence-electron chi connectivity index (χ3n) is 4.35. The number of piperazine rings is 1. The van der Waals surface area contributed by atoms with Crippen molar-refractivity contribution in [1.82, 2.24) is 9.80 Å². The Morgan fingerprint density at radius 3 is 2.40 bits per heavy atom. The molecule has 1 aromatic rings. The van der Waals surface area contributed by atoms with Crippen LogP contribution in [0.2, 0.25) is 0 Å². The molecule has 0 spiro atoms. The monoisotopic (exact) mass is 273 g/mol. The minimum Gasteiger partial charge on any atom is -0.340 e. The van der Waals surface area contributed by atoms with Crippen molar-refractivity contribution in [2.24, 2.45) is 5.73 Å². The van der Waals surface area contributed by atoms with E-state index in [-0.39, 0.29) is 11.9 Å². The molecule has 2 N–H and O–H groups in total. The summed E-state index contributed by atoms with van der Waals surface area (Å²) in [6, 6.07) is 10.5. The molecular weight excluding hydrogens is 250 g/mol. The van der Waals surface area contributed by atoms with Gasteiger partial charge in [0.25, 0.3) is 0 Å². The zero-order valence-corrected chi connectivity index (χ0v) is 11.9. The molecule has 1 heterocycles. The van der Waals surface area contributed by atoms with Gasteiger partial charge in [0.2, 0.25) is 5.91 Å². The summed E-state index contributed by atoms with van der Waals surface area (Å²) in [5.74, 6) is 0.191. The maximum atomic E-state index is 12.3. The molecule has 1 atom stereocenters. The molecule has 1 aliphatic heterocycles. The summed E-state index contributed by atoms with van der Waals surface area (Å²) < 4.78 is 0. The lowest BCUT2D eigenvalue weighted by Gasteiger charge is -2.35. The van der Waals surface area contributed by atoms with Gasteiger partial charge in [-0.05, 0) is 18.4 Å². The summed E-state index contributed by atoms with van der Waals surface area (Å²) in [6.07, 6.45) is 3.09. The van der Waals surface area contributed by atoms with Gasteiger partial charge in [0.1, 0.15) is 0 Å². The molecule has 0 aromatic heterocycles. The number of rotatable bonds is 4. The Labute approximate surface area is 120 Å². The summed E-state index contributed by atoms with van der Waals surface area (Å²) in [6.45, 7) is 3.77. The fourth-order valence-electron chi connectivity index (χ4n) is 2.91. The molecule has 4 heteroatoms. The molecular formula is C16H23N3O. The fourth-order valence-corrected chi connectivity index (χ4v) is 2.91. The highest BCUT2D eigenvalue weighted by Crippen LogP contribution is 2.27. The van der Waals surface area contributed by atoms with Gasteiger partial charge in [-0.1, -0.05) is 30.3 Å². The SMILES string of the molecule is NC(CC(=O)N1CCN(C2CC2)CC1)c1ccccc1. The summed E-state index contributed by atoms with van der Waals surface area (Å²) in [5.41, 5.74) is 7.17. The molecule has 1 amide bonds. The van der Waals surface area contributed by atoms with E-state index in [4.69, 9.17) is 5.73 Å². The van der Waals surface area contributed by atoms with E-state index in [0.29, 0.717) is 6.42 Å². The van der Waals surface area contributed by atoms with Crippen molar-refractivity contribution in [2.45, 2.75) is 31.3 Å². The Balaban J connectivity index is 1.49. The topological polar surface area (TPSA) is 49.6 Å². The van der Waals surface area contributed by atoms with Gasteiger partial charge >= 0.3 is 0 Å². The molecule has 1 aromatic carbocycles. The lowest BCUT2D eigenvalue weighted by molar-refractivity contribution is -0.133. The van der Waals surface area contributed by atoms with Gasteiger partial charge in [-0.15, -0.1) is 0 Å². The Morgan fingerprint density at radius 2 is 1.80 bits per heavy atom. The third kappa shape index (κ3) is 3.19. The Bertz CT molecular complexity index is 450. The minimum absolute atomic E-state index is 0.190. The Morgan fingerprint density at radius 1 is 1.15 bits per heavy atom. The number of carbonyl (C=O) groups excluding carboxylic acids is 1. The second-order valence-corrected chi connectivity index (χ2v) is 5.87. The average molecular weight is 273 g/mol. The van der Waals surface area contributed by atoms with Gasteiger partial charge in [0.05, 0.1) is 0 Å². The maximum absolute atomic E-state index is 12.3. The number of hydrogen-bond acceptors (Lipinski definition) is 3. The number of hydrogen-bond donors (Lipinski definition) is 1. The molecule has 3 rings (SSSR count). The standard InChI is InChI=1S/C16H23N3O/c17-15(13-4-2-1-3-5-13)12-16(20)19-10-8-18(9-11-19)14-6-7-14/h1-5,14-15H,6-12,17H2. The first-order chi connectivity index (χ1) is 9.74. The van der Waals surface area contributed by atoms with Crippen LogP contribution in [0.15, 0.2) is 30.3 Å². The second-order valence-electron chi connectivity index (χ2n) is 5.87. The molecule has 1 saturated heterocycles. The summed E-state index contributed by atoms with van der Waals surface area (Å²) in [4.78, 5) is 16.8. The van der Waals surface area contributed by atoms with E-state index in [0.717, 1.165) is 37.8 Å². The van der Waals surface area contributed by atoms with Crippen molar-refractivity contribution >= 4 is 5.91 Å². The highest BCUT2D eigenvalue weighted by Gasteiger charge is 2.32. The lowest BCUT2D eigenvalue weighted by Crippen LogP contribution is -2.49. The molecule has 2 fully saturated rings. The van der Waals surface area contributed by atoms with Gasteiger partial charge in [-0.3, -0.25) is 9.69 Å². The molecule has 1 unspecified atom stereocenters. The van der Waals surface area contributed by atoms with E-state index in [1.807, 2.05) is 35.2 Å². The molecule has 1 aliphatic carbocycles. The summed E-state index contributed by atoms with van der Waals surface area (Å²) in [5, 5.41) is 0. The van der Waals surface area contributed by atoms with Crippen molar-refractivity contribution in [3.63, 3.8) is 0 Å². The zero-order chi connectivity index (χ0) is 13.9. The van der Waals surface area contributed by atoms with Crippen LogP contribution >= 0.6 is 0 Å². The van der Waals surface area contributed by atoms with Gasteiger partial charge in [-0.2, -0.15) is 0 Å². The van der Waals surface area contributed by atoms with Crippen molar-refractivity contribution in [1.29, 1.82) is 0 Å². The Kier molecular flexibility index (Phi) is 4.03. The molecule has 2 aliphatic rings.